The summed E-state index contributed by atoms with van der Waals surface area (Å²) in [6.07, 6.45) is 7.82. The molecule has 5 nitrogen and oxygen atoms in total. The van der Waals surface area contributed by atoms with E-state index in [1.807, 2.05) is 18.8 Å². The van der Waals surface area contributed by atoms with Gasteiger partial charge in [-0.1, -0.05) is 18.6 Å². The van der Waals surface area contributed by atoms with Crippen LogP contribution in [0.1, 0.15) is 44.9 Å². The van der Waals surface area contributed by atoms with Gasteiger partial charge in [-0.15, -0.1) is 0 Å². The van der Waals surface area contributed by atoms with E-state index in [0.717, 1.165) is 50.0 Å². The molecule has 0 saturated heterocycles. The average Bonchev–Trinajstić information content (AvgIpc) is 2.58. The van der Waals surface area contributed by atoms with Gasteiger partial charge in [0.2, 0.25) is 11.8 Å². The fourth-order valence-corrected chi connectivity index (χ4v) is 3.03. The number of hydrogen-bond donors (Lipinski definition) is 2. The SMILES string of the molecule is C=C(CCCNC)[C@H](CC(=O)NC)N(C)C(=O)CCCCCSC. The maximum absolute atomic E-state index is 12.5. The third-order valence-corrected chi connectivity index (χ3v) is 4.85. The molecule has 6 heteroatoms. The first-order valence-corrected chi connectivity index (χ1v) is 10.1. The van der Waals surface area contributed by atoms with Crippen molar-refractivity contribution in [2.45, 2.75) is 51.0 Å². The van der Waals surface area contributed by atoms with Crippen molar-refractivity contribution in [3.8, 4) is 0 Å². The number of hydrogen-bond acceptors (Lipinski definition) is 4. The fraction of sp³-hybridized carbons (Fsp3) is 0.778. The van der Waals surface area contributed by atoms with Gasteiger partial charge in [-0.25, -0.2) is 0 Å². The Kier molecular flexibility index (Phi) is 13.7. The second-order valence-electron chi connectivity index (χ2n) is 6.07. The van der Waals surface area contributed by atoms with E-state index in [4.69, 9.17) is 0 Å². The van der Waals surface area contributed by atoms with E-state index in [1.54, 1.807) is 19.0 Å². The second-order valence-corrected chi connectivity index (χ2v) is 7.05. The predicted octanol–water partition coefficient (Wildman–Crippen LogP) is 2.43. The van der Waals surface area contributed by atoms with E-state index < -0.39 is 0 Å². The minimum atomic E-state index is -0.222. The van der Waals surface area contributed by atoms with Gasteiger partial charge in [-0.05, 0) is 51.3 Å². The average molecular weight is 358 g/mol. The summed E-state index contributed by atoms with van der Waals surface area (Å²) in [7, 11) is 5.33. The Balaban J connectivity index is 4.58. The number of nitrogens with one attached hydrogen (secondary N) is 2. The van der Waals surface area contributed by atoms with Crippen LogP contribution in [0.2, 0.25) is 0 Å². The Morgan fingerprint density at radius 3 is 2.42 bits per heavy atom. The Morgan fingerprint density at radius 1 is 1.12 bits per heavy atom. The van der Waals surface area contributed by atoms with Gasteiger partial charge in [-0.3, -0.25) is 9.59 Å². The third kappa shape index (κ3) is 9.98. The van der Waals surface area contributed by atoms with Crippen LogP contribution < -0.4 is 10.6 Å². The van der Waals surface area contributed by atoms with Crippen molar-refractivity contribution in [1.82, 2.24) is 15.5 Å². The summed E-state index contributed by atoms with van der Waals surface area (Å²) in [5.41, 5.74) is 0.951. The number of carbonyl (C=O) groups excluding carboxylic acids is 2. The van der Waals surface area contributed by atoms with E-state index in [-0.39, 0.29) is 24.3 Å². The highest BCUT2D eigenvalue weighted by Crippen LogP contribution is 2.18. The van der Waals surface area contributed by atoms with Crippen molar-refractivity contribution in [2.75, 3.05) is 39.7 Å². The standard InChI is InChI=1S/C18H35N3O2S/c1-15(10-9-12-19-2)16(14-17(22)20-3)21(4)18(23)11-7-6-8-13-24-5/h16,19H,1,6-14H2,2-5H3,(H,20,22)/t16-/m0/s1. The number of likely N-dealkylation sites (N-methyl/N-ethyl adjacent to an activating group) is 1. The highest BCUT2D eigenvalue weighted by Gasteiger charge is 2.24. The van der Waals surface area contributed by atoms with Gasteiger partial charge in [0.15, 0.2) is 0 Å². The van der Waals surface area contributed by atoms with Crippen molar-refractivity contribution in [1.29, 1.82) is 0 Å². The lowest BCUT2D eigenvalue weighted by Gasteiger charge is -2.30. The summed E-state index contributed by atoms with van der Waals surface area (Å²) >= 11 is 1.84. The zero-order valence-corrected chi connectivity index (χ0v) is 16.6. The molecule has 0 saturated carbocycles. The zero-order chi connectivity index (χ0) is 18.4. The van der Waals surface area contributed by atoms with Crippen molar-refractivity contribution < 1.29 is 9.59 Å². The van der Waals surface area contributed by atoms with E-state index >= 15 is 0 Å². The molecule has 0 radical (unpaired) electrons. The maximum atomic E-state index is 12.5. The molecule has 0 aromatic heterocycles. The van der Waals surface area contributed by atoms with E-state index in [0.29, 0.717) is 6.42 Å². The molecule has 0 spiro atoms. The maximum Gasteiger partial charge on any atom is 0.222 e. The molecular formula is C18H35N3O2S. The first-order chi connectivity index (χ1) is 11.5. The van der Waals surface area contributed by atoms with Crippen LogP contribution in [0.3, 0.4) is 0 Å². The van der Waals surface area contributed by atoms with Crippen molar-refractivity contribution in [3.63, 3.8) is 0 Å². The van der Waals surface area contributed by atoms with Crippen LogP contribution in [0, 0.1) is 0 Å². The largest absolute Gasteiger partial charge is 0.359 e. The van der Waals surface area contributed by atoms with Gasteiger partial charge in [0.05, 0.1) is 12.5 Å². The van der Waals surface area contributed by atoms with Crippen LogP contribution in [0.15, 0.2) is 12.2 Å². The molecule has 0 unspecified atom stereocenters. The molecule has 0 bridgehead atoms. The molecule has 0 aliphatic heterocycles. The van der Waals surface area contributed by atoms with Crippen molar-refractivity contribution >= 4 is 23.6 Å². The molecule has 0 aliphatic rings. The minimum absolute atomic E-state index is 0.0608. The van der Waals surface area contributed by atoms with Gasteiger partial charge < -0.3 is 15.5 Å². The van der Waals surface area contributed by atoms with Gasteiger partial charge in [0.25, 0.3) is 0 Å². The lowest BCUT2D eigenvalue weighted by atomic mass is 9.98. The van der Waals surface area contributed by atoms with Gasteiger partial charge >= 0.3 is 0 Å². The molecule has 0 aliphatic carbocycles. The lowest BCUT2D eigenvalue weighted by molar-refractivity contribution is -0.132. The molecule has 2 amide bonds. The summed E-state index contributed by atoms with van der Waals surface area (Å²) in [5, 5.41) is 5.75. The van der Waals surface area contributed by atoms with E-state index in [2.05, 4.69) is 23.5 Å². The molecule has 24 heavy (non-hydrogen) atoms. The van der Waals surface area contributed by atoms with Crippen LogP contribution in [0.5, 0.6) is 0 Å². The molecule has 140 valence electrons. The van der Waals surface area contributed by atoms with Crippen LogP contribution in [-0.4, -0.2) is 62.5 Å². The molecule has 0 aromatic carbocycles. The van der Waals surface area contributed by atoms with Crippen LogP contribution in [-0.2, 0) is 9.59 Å². The Morgan fingerprint density at radius 2 is 1.83 bits per heavy atom. The smallest absolute Gasteiger partial charge is 0.222 e. The number of nitrogens with zero attached hydrogens (tertiary/aromatic N) is 1. The zero-order valence-electron chi connectivity index (χ0n) is 15.8. The molecule has 0 fully saturated rings. The summed E-state index contributed by atoms with van der Waals surface area (Å²) < 4.78 is 0. The predicted molar refractivity (Wildman–Crippen MR) is 104 cm³/mol. The number of carbonyl (C=O) groups is 2. The fourth-order valence-electron chi connectivity index (χ4n) is 2.54. The number of rotatable bonds is 14. The van der Waals surface area contributed by atoms with E-state index in [1.165, 1.54) is 0 Å². The first-order valence-electron chi connectivity index (χ1n) is 8.75. The molecule has 0 heterocycles. The van der Waals surface area contributed by atoms with Crippen molar-refractivity contribution in [3.05, 3.63) is 12.2 Å². The van der Waals surface area contributed by atoms with Gasteiger partial charge in [-0.2, -0.15) is 11.8 Å². The van der Waals surface area contributed by atoms with Gasteiger partial charge in [0.1, 0.15) is 0 Å². The van der Waals surface area contributed by atoms with Gasteiger partial charge in [0, 0.05) is 20.5 Å². The normalized spacial score (nSPS) is 11.8. The summed E-state index contributed by atoms with van der Waals surface area (Å²) in [6.45, 7) is 5.04. The number of unbranched alkanes of at least 4 members (excludes halogenated alkanes) is 2. The third-order valence-electron chi connectivity index (χ3n) is 4.15. The first kappa shape index (κ1) is 23.0. The van der Waals surface area contributed by atoms with Crippen LogP contribution >= 0.6 is 11.8 Å². The highest BCUT2D eigenvalue weighted by atomic mass is 32.2. The molecule has 1 atom stereocenters. The highest BCUT2D eigenvalue weighted by molar-refractivity contribution is 7.98. The Hall–Kier alpha value is -1.01. The van der Waals surface area contributed by atoms with E-state index in [9.17, 15) is 9.59 Å². The number of thioether (sulfide) groups is 1. The second kappa shape index (κ2) is 14.3. The topological polar surface area (TPSA) is 61.4 Å². The molecule has 0 rings (SSSR count). The lowest BCUT2D eigenvalue weighted by Crippen LogP contribution is -2.41. The molecular weight excluding hydrogens is 322 g/mol. The summed E-state index contributed by atoms with van der Waals surface area (Å²) in [4.78, 5) is 26.0. The summed E-state index contributed by atoms with van der Waals surface area (Å²) in [6, 6.07) is -0.222. The Bertz CT molecular complexity index is 388. The number of amides is 2. The molecule has 0 aromatic rings. The van der Waals surface area contributed by atoms with Crippen LogP contribution in [0.4, 0.5) is 0 Å². The quantitative estimate of drug-likeness (QED) is 0.370. The van der Waals surface area contributed by atoms with Crippen LogP contribution in [0.25, 0.3) is 0 Å². The summed E-state index contributed by atoms with van der Waals surface area (Å²) in [5.74, 6) is 1.18. The van der Waals surface area contributed by atoms with Crippen molar-refractivity contribution in [2.24, 2.45) is 0 Å². The minimum Gasteiger partial charge on any atom is -0.359 e. The Labute approximate surface area is 152 Å². The molecule has 2 N–H and O–H groups in total. The monoisotopic (exact) mass is 357 g/mol.